The van der Waals surface area contributed by atoms with E-state index in [1.807, 2.05) is 48.5 Å². The van der Waals surface area contributed by atoms with Gasteiger partial charge in [-0.2, -0.15) is 0 Å². The Kier molecular flexibility index (Phi) is 2.83. The van der Waals surface area contributed by atoms with Crippen molar-refractivity contribution < 1.29 is 25.9 Å². The Balaban J connectivity index is 0.00000110. The molecule has 0 atom stereocenters. The predicted molar refractivity (Wildman–Crippen MR) is 70.6 cm³/mol. The quantitative estimate of drug-likeness (QED) is 0.431. The van der Waals surface area contributed by atoms with Gasteiger partial charge in [0.15, 0.2) is 5.78 Å². The molecule has 0 N–H and O–H groups in total. The zero-order chi connectivity index (χ0) is 12.1. The Labute approximate surface area is 124 Å². The van der Waals surface area contributed by atoms with E-state index in [9.17, 15) is 4.79 Å². The molecule has 0 bridgehead atoms. The average molecular weight is 426 g/mol. The second kappa shape index (κ2) is 4.39. The zero-order valence-electron chi connectivity index (χ0n) is 9.87. The first-order chi connectivity index (χ1) is 8.86. The number of carbonyl (C=O) groups is 1. The van der Waals surface area contributed by atoms with Crippen molar-refractivity contribution in [2.75, 3.05) is 0 Å². The summed E-state index contributed by atoms with van der Waals surface area (Å²) in [6.45, 7) is 0. The fraction of sp³-hybridized carbons (Fsp3) is 0. The van der Waals surface area contributed by atoms with Gasteiger partial charge < -0.3 is 0 Å². The Hall–Kier alpha value is -1.79. The van der Waals surface area contributed by atoms with Crippen molar-refractivity contribution in [2.24, 2.45) is 0 Å². The maximum Gasteiger partial charge on any atom is 2.00 e. The van der Waals surface area contributed by atoms with Gasteiger partial charge in [-0.25, -0.2) is 0 Å². The minimum Gasteiger partial charge on any atom is -0.289 e. The van der Waals surface area contributed by atoms with Crippen molar-refractivity contribution in [3.8, 4) is 11.3 Å². The molecule has 0 unspecified atom stereocenters. The summed E-state index contributed by atoms with van der Waals surface area (Å²) in [5.74, 6) is 0.0942. The minimum atomic E-state index is 0. The molecule has 1 heterocycles. The number of fused-ring (bicyclic) bond motifs is 2. The molecule has 0 aliphatic heterocycles. The predicted octanol–water partition coefficient (Wildman–Crippen LogP) is 3.44. The summed E-state index contributed by atoms with van der Waals surface area (Å²) in [4.78, 5) is 16.9. The second-order valence-corrected chi connectivity index (χ2v) is 4.44. The maximum atomic E-state index is 12.5. The first-order valence-electron chi connectivity index (χ1n) is 5.88. The van der Waals surface area contributed by atoms with Crippen molar-refractivity contribution in [1.29, 1.82) is 0 Å². The Morgan fingerprint density at radius 3 is 2.37 bits per heavy atom. The molecule has 92 valence electrons. The second-order valence-electron chi connectivity index (χ2n) is 4.44. The van der Waals surface area contributed by atoms with E-state index in [1.54, 1.807) is 6.20 Å². The van der Waals surface area contributed by atoms with Crippen LogP contribution in [0.25, 0.3) is 22.0 Å². The number of rotatable bonds is 0. The molecule has 2 nitrogen and oxygen atoms in total. The van der Waals surface area contributed by atoms with Gasteiger partial charge in [-0.05, 0) is 11.5 Å². The van der Waals surface area contributed by atoms with Gasteiger partial charge in [-0.15, -0.1) is 0 Å². The van der Waals surface area contributed by atoms with Crippen molar-refractivity contribution in [2.45, 2.75) is 0 Å². The van der Waals surface area contributed by atoms with Gasteiger partial charge >= 0.3 is 21.1 Å². The first kappa shape index (κ1) is 12.3. The summed E-state index contributed by atoms with van der Waals surface area (Å²) in [5.41, 5.74) is 3.36. The number of carbonyl (C=O) groups excluding carboxylic acids is 1. The summed E-state index contributed by atoms with van der Waals surface area (Å²) in [7, 11) is 0. The van der Waals surface area contributed by atoms with E-state index >= 15 is 0 Å². The zero-order valence-corrected chi connectivity index (χ0v) is 12.1. The van der Waals surface area contributed by atoms with Crippen LogP contribution in [0.1, 0.15) is 15.9 Å². The maximum absolute atomic E-state index is 12.5. The van der Waals surface area contributed by atoms with Crippen LogP contribution in [-0.4, -0.2) is 10.8 Å². The molecule has 4 rings (SSSR count). The molecule has 0 spiro atoms. The van der Waals surface area contributed by atoms with E-state index in [1.165, 1.54) is 0 Å². The van der Waals surface area contributed by atoms with Crippen LogP contribution in [0.15, 0.2) is 54.7 Å². The minimum absolute atomic E-state index is 0. The van der Waals surface area contributed by atoms with E-state index in [4.69, 9.17) is 0 Å². The van der Waals surface area contributed by atoms with Gasteiger partial charge in [0.25, 0.3) is 0 Å². The number of hydrogen-bond donors (Lipinski definition) is 0. The van der Waals surface area contributed by atoms with Crippen LogP contribution in [0.2, 0.25) is 0 Å². The van der Waals surface area contributed by atoms with E-state index in [-0.39, 0.29) is 26.8 Å². The summed E-state index contributed by atoms with van der Waals surface area (Å²) >= 11 is 0. The summed E-state index contributed by atoms with van der Waals surface area (Å²) in [5, 5.41) is 2.05. The van der Waals surface area contributed by atoms with Crippen molar-refractivity contribution in [3.63, 3.8) is 0 Å². The molecule has 19 heavy (non-hydrogen) atoms. The van der Waals surface area contributed by atoms with Gasteiger partial charge in [0.1, 0.15) is 0 Å². The number of ketones is 1. The van der Waals surface area contributed by atoms with Crippen LogP contribution in [0.3, 0.4) is 0 Å². The van der Waals surface area contributed by atoms with Crippen molar-refractivity contribution in [3.05, 3.63) is 65.9 Å². The smallest absolute Gasteiger partial charge is 0.289 e. The van der Waals surface area contributed by atoms with Crippen molar-refractivity contribution >= 4 is 16.6 Å². The summed E-state index contributed by atoms with van der Waals surface area (Å²) in [6.07, 6.45) is 1.80. The number of aromatic nitrogens is 1. The third kappa shape index (κ3) is 1.60. The van der Waals surface area contributed by atoms with Crippen LogP contribution in [0.4, 0.5) is 0 Å². The molecule has 1 aliphatic rings. The fourth-order valence-corrected chi connectivity index (χ4v) is 2.66. The molecule has 0 saturated carbocycles. The fourth-order valence-electron chi connectivity index (χ4n) is 2.66. The number of nitrogens with zero attached hydrogens (tertiary/aromatic N) is 1. The molecule has 0 fully saturated rings. The SMILES string of the molecule is O=C1c2ccccc2-c2nccc3cccc1c23.[Pt+2]. The summed E-state index contributed by atoms with van der Waals surface area (Å²) < 4.78 is 0. The van der Waals surface area contributed by atoms with Crippen LogP contribution in [0.5, 0.6) is 0 Å². The topological polar surface area (TPSA) is 30.0 Å². The van der Waals surface area contributed by atoms with E-state index in [2.05, 4.69) is 4.98 Å². The van der Waals surface area contributed by atoms with Gasteiger partial charge in [0, 0.05) is 28.3 Å². The van der Waals surface area contributed by atoms with Gasteiger partial charge in [0.2, 0.25) is 0 Å². The van der Waals surface area contributed by atoms with Crippen molar-refractivity contribution in [1.82, 2.24) is 4.98 Å². The molecule has 1 aromatic heterocycles. The molecule has 0 amide bonds. The Morgan fingerprint density at radius 2 is 1.53 bits per heavy atom. The van der Waals surface area contributed by atoms with Gasteiger partial charge in [-0.3, -0.25) is 9.78 Å². The first-order valence-corrected chi connectivity index (χ1v) is 5.88. The van der Waals surface area contributed by atoms with Gasteiger partial charge in [-0.1, -0.05) is 42.5 Å². The molecule has 0 saturated heterocycles. The third-order valence-corrected chi connectivity index (χ3v) is 3.46. The summed E-state index contributed by atoms with van der Waals surface area (Å²) in [6, 6.07) is 15.4. The third-order valence-electron chi connectivity index (χ3n) is 3.46. The number of benzene rings is 2. The van der Waals surface area contributed by atoms with E-state index in [0.29, 0.717) is 0 Å². The molecule has 3 aromatic rings. The van der Waals surface area contributed by atoms with E-state index in [0.717, 1.165) is 33.2 Å². The molecule has 3 heteroatoms. The molecule has 1 aliphatic carbocycles. The van der Waals surface area contributed by atoms with E-state index < -0.39 is 0 Å². The van der Waals surface area contributed by atoms with Crippen LogP contribution >= 0.6 is 0 Å². The standard InChI is InChI=1S/C16H9NO.Pt/c18-16-12-6-2-1-5-11(12)15-14-10(8-9-17-15)4-3-7-13(14)16;/h1-9H;/q;+2. The van der Waals surface area contributed by atoms with Gasteiger partial charge in [0.05, 0.1) is 5.69 Å². The Bertz CT molecular complexity index is 805. The van der Waals surface area contributed by atoms with Crippen LogP contribution < -0.4 is 0 Å². The molecule has 2 aromatic carbocycles. The molecular weight excluding hydrogens is 417 g/mol. The number of pyridine rings is 1. The molecule has 0 radical (unpaired) electrons. The Morgan fingerprint density at radius 1 is 0.789 bits per heavy atom. The number of hydrogen-bond acceptors (Lipinski definition) is 2. The average Bonchev–Trinajstić information content (AvgIpc) is 2.44. The monoisotopic (exact) mass is 426 g/mol. The van der Waals surface area contributed by atoms with Crippen LogP contribution in [-0.2, 0) is 21.1 Å². The largest absolute Gasteiger partial charge is 2.00 e. The normalized spacial score (nSPS) is 11.9. The molecular formula is C16H9NOPt+2. The van der Waals surface area contributed by atoms with Crippen LogP contribution in [0, 0.1) is 0 Å².